The number of rotatable bonds is 7. The topological polar surface area (TPSA) is 74.3 Å². The van der Waals surface area contributed by atoms with Gasteiger partial charge >= 0.3 is 0 Å². The van der Waals surface area contributed by atoms with Gasteiger partial charge in [-0.05, 0) is 48.8 Å². The molecule has 0 saturated heterocycles. The molecule has 0 atom stereocenters. The van der Waals surface area contributed by atoms with Crippen molar-refractivity contribution in [2.45, 2.75) is 39.2 Å². The van der Waals surface area contributed by atoms with Crippen molar-refractivity contribution in [1.82, 2.24) is 4.57 Å². The summed E-state index contributed by atoms with van der Waals surface area (Å²) in [5.74, 6) is 0.663. The van der Waals surface area contributed by atoms with Gasteiger partial charge in [-0.25, -0.2) is 0 Å². The largest absolute Gasteiger partial charge is 0.479 e. The second-order valence-corrected chi connectivity index (χ2v) is 6.21. The zero-order valence-corrected chi connectivity index (χ0v) is 13.4. The molecule has 1 aliphatic rings. The lowest BCUT2D eigenvalue weighted by molar-refractivity contribution is 0.100. The van der Waals surface area contributed by atoms with Crippen LogP contribution in [0.1, 0.15) is 43.0 Å². The third-order valence-electron chi connectivity index (χ3n) is 4.24. The number of unbranched alkanes of at least 4 members (excludes halogenated alkanes) is 1. The van der Waals surface area contributed by atoms with Gasteiger partial charge in [-0.3, -0.25) is 14.2 Å². The van der Waals surface area contributed by atoms with E-state index in [-0.39, 0.29) is 5.56 Å². The molecular weight excluding hydrogens is 292 g/mol. The molecule has 0 unspecified atom stereocenters. The van der Waals surface area contributed by atoms with Crippen LogP contribution in [0.4, 0.5) is 0 Å². The Labute approximate surface area is 135 Å². The Morgan fingerprint density at radius 3 is 2.78 bits per heavy atom. The fraction of sp³-hybridized carbons (Fsp3) is 0.444. The summed E-state index contributed by atoms with van der Waals surface area (Å²) in [5.41, 5.74) is 5.67. The highest BCUT2D eigenvalue weighted by molar-refractivity contribution is 5.97. The average molecular weight is 314 g/mol. The molecule has 23 heavy (non-hydrogen) atoms. The summed E-state index contributed by atoms with van der Waals surface area (Å²) < 4.78 is 7.58. The Hall–Kier alpha value is -2.30. The molecule has 1 saturated carbocycles. The second-order valence-electron chi connectivity index (χ2n) is 6.21. The molecule has 5 heteroatoms. The lowest BCUT2D eigenvalue weighted by atomic mass is 10.1. The summed E-state index contributed by atoms with van der Waals surface area (Å²) >= 11 is 0. The van der Waals surface area contributed by atoms with E-state index in [2.05, 4.69) is 6.92 Å². The number of nitrogens with zero attached hydrogens (tertiary/aromatic N) is 1. The van der Waals surface area contributed by atoms with Gasteiger partial charge in [-0.2, -0.15) is 0 Å². The molecule has 2 N–H and O–H groups in total. The van der Waals surface area contributed by atoms with Crippen LogP contribution in [-0.2, 0) is 6.54 Å². The first-order valence-corrected chi connectivity index (χ1v) is 8.20. The average Bonchev–Trinajstić information content (AvgIpc) is 3.34. The van der Waals surface area contributed by atoms with Crippen molar-refractivity contribution in [2.75, 3.05) is 6.61 Å². The van der Waals surface area contributed by atoms with Crippen LogP contribution in [0.15, 0.2) is 29.1 Å². The molecule has 2 aromatic rings. The van der Waals surface area contributed by atoms with E-state index in [1.807, 2.05) is 6.07 Å². The first-order chi connectivity index (χ1) is 11.1. The number of hydrogen-bond donors (Lipinski definition) is 1. The summed E-state index contributed by atoms with van der Waals surface area (Å²) in [6, 6.07) is 6.79. The molecule has 0 aliphatic heterocycles. The van der Waals surface area contributed by atoms with Gasteiger partial charge in [0.1, 0.15) is 0 Å². The third kappa shape index (κ3) is 3.38. The van der Waals surface area contributed by atoms with Gasteiger partial charge in [0.05, 0.1) is 6.61 Å². The fourth-order valence-corrected chi connectivity index (χ4v) is 2.66. The first kappa shape index (κ1) is 15.6. The van der Waals surface area contributed by atoms with Crippen LogP contribution in [0.5, 0.6) is 5.88 Å². The Balaban J connectivity index is 2.07. The van der Waals surface area contributed by atoms with Crippen LogP contribution < -0.4 is 16.0 Å². The van der Waals surface area contributed by atoms with Crippen molar-refractivity contribution < 1.29 is 9.53 Å². The standard InChI is InChI=1S/C18H22N2O3/c1-2-3-8-23-16-10-14-9-13(17(19)21)6-7-15(14)18(22)20(16)11-12-4-5-12/h6-7,9-10,12H,2-5,8,11H2,1H3,(H2,19,21). The molecule has 1 aromatic heterocycles. The van der Waals surface area contributed by atoms with Gasteiger partial charge in [-0.15, -0.1) is 0 Å². The summed E-state index contributed by atoms with van der Waals surface area (Å²) in [6.07, 6.45) is 4.31. The molecule has 0 bridgehead atoms. The number of nitrogens with two attached hydrogens (primary N) is 1. The minimum atomic E-state index is -0.498. The van der Waals surface area contributed by atoms with Crippen LogP contribution in [0.25, 0.3) is 10.8 Å². The number of carbonyl (C=O) groups is 1. The molecule has 1 amide bonds. The van der Waals surface area contributed by atoms with Crippen molar-refractivity contribution in [3.8, 4) is 5.88 Å². The maximum Gasteiger partial charge on any atom is 0.261 e. The number of benzene rings is 1. The molecule has 1 fully saturated rings. The molecule has 3 rings (SSSR count). The van der Waals surface area contributed by atoms with E-state index >= 15 is 0 Å². The van der Waals surface area contributed by atoms with Crippen LogP contribution in [0, 0.1) is 5.92 Å². The van der Waals surface area contributed by atoms with E-state index in [0.29, 0.717) is 41.3 Å². The van der Waals surface area contributed by atoms with E-state index in [0.717, 1.165) is 12.8 Å². The number of ether oxygens (including phenoxy) is 1. The predicted octanol–water partition coefficient (Wildman–Crippen LogP) is 2.69. The molecule has 5 nitrogen and oxygen atoms in total. The Bertz CT molecular complexity index is 791. The number of aromatic nitrogens is 1. The van der Waals surface area contributed by atoms with Crippen molar-refractivity contribution >= 4 is 16.7 Å². The quantitative estimate of drug-likeness (QED) is 0.798. The maximum absolute atomic E-state index is 12.8. The predicted molar refractivity (Wildman–Crippen MR) is 89.9 cm³/mol. The SMILES string of the molecule is CCCCOc1cc2cc(C(N)=O)ccc2c(=O)n1CC1CC1. The summed E-state index contributed by atoms with van der Waals surface area (Å²) in [7, 11) is 0. The highest BCUT2D eigenvalue weighted by atomic mass is 16.5. The van der Waals surface area contributed by atoms with Gasteiger partial charge in [0, 0.05) is 23.6 Å². The molecule has 1 aliphatic carbocycles. The summed E-state index contributed by atoms with van der Waals surface area (Å²) in [4.78, 5) is 24.1. The number of carbonyl (C=O) groups excluding carboxylic acids is 1. The lowest BCUT2D eigenvalue weighted by Gasteiger charge is -2.15. The Morgan fingerprint density at radius 2 is 2.13 bits per heavy atom. The van der Waals surface area contributed by atoms with Crippen LogP contribution in [-0.4, -0.2) is 17.1 Å². The molecule has 0 radical (unpaired) electrons. The molecule has 1 aromatic carbocycles. The zero-order chi connectivity index (χ0) is 16.4. The normalized spacial score (nSPS) is 14.1. The highest BCUT2D eigenvalue weighted by Gasteiger charge is 2.24. The van der Waals surface area contributed by atoms with Crippen LogP contribution >= 0.6 is 0 Å². The minimum Gasteiger partial charge on any atom is -0.479 e. The smallest absolute Gasteiger partial charge is 0.261 e. The number of primary amides is 1. The van der Waals surface area contributed by atoms with Gasteiger partial charge in [0.2, 0.25) is 5.91 Å². The fourth-order valence-electron chi connectivity index (χ4n) is 2.66. The number of hydrogen-bond acceptors (Lipinski definition) is 3. The minimum absolute atomic E-state index is 0.0584. The zero-order valence-electron chi connectivity index (χ0n) is 13.4. The molecule has 0 spiro atoms. The van der Waals surface area contributed by atoms with Crippen LogP contribution in [0.3, 0.4) is 0 Å². The number of fused-ring (bicyclic) bond motifs is 1. The van der Waals surface area contributed by atoms with Crippen molar-refractivity contribution in [3.05, 3.63) is 40.2 Å². The number of pyridine rings is 1. The molecular formula is C18H22N2O3. The third-order valence-corrected chi connectivity index (χ3v) is 4.24. The highest BCUT2D eigenvalue weighted by Crippen LogP contribution is 2.32. The van der Waals surface area contributed by atoms with Crippen molar-refractivity contribution in [2.24, 2.45) is 11.7 Å². The van der Waals surface area contributed by atoms with Gasteiger partial charge in [0.15, 0.2) is 5.88 Å². The maximum atomic E-state index is 12.8. The summed E-state index contributed by atoms with van der Waals surface area (Å²) in [6.45, 7) is 3.38. The monoisotopic (exact) mass is 314 g/mol. The van der Waals surface area contributed by atoms with E-state index in [4.69, 9.17) is 10.5 Å². The second kappa shape index (κ2) is 6.44. The molecule has 1 heterocycles. The number of amides is 1. The van der Waals surface area contributed by atoms with Gasteiger partial charge in [0.25, 0.3) is 5.56 Å². The molecule has 122 valence electrons. The van der Waals surface area contributed by atoms with Gasteiger partial charge < -0.3 is 10.5 Å². The first-order valence-electron chi connectivity index (χ1n) is 8.20. The summed E-state index contributed by atoms with van der Waals surface area (Å²) in [5, 5.41) is 1.29. The van der Waals surface area contributed by atoms with E-state index < -0.39 is 5.91 Å². The Morgan fingerprint density at radius 1 is 1.35 bits per heavy atom. The van der Waals surface area contributed by atoms with E-state index in [9.17, 15) is 9.59 Å². The Kier molecular flexibility index (Phi) is 4.37. The van der Waals surface area contributed by atoms with Crippen molar-refractivity contribution in [3.63, 3.8) is 0 Å². The lowest BCUT2D eigenvalue weighted by Crippen LogP contribution is -2.23. The van der Waals surface area contributed by atoms with E-state index in [1.54, 1.807) is 22.8 Å². The van der Waals surface area contributed by atoms with Gasteiger partial charge in [-0.1, -0.05) is 13.3 Å². The van der Waals surface area contributed by atoms with E-state index in [1.165, 1.54) is 12.8 Å². The van der Waals surface area contributed by atoms with Crippen LogP contribution in [0.2, 0.25) is 0 Å². The van der Waals surface area contributed by atoms with Crippen molar-refractivity contribution in [1.29, 1.82) is 0 Å².